The number of aliphatic hydroxyl groups excluding tert-OH is 1. The van der Waals surface area contributed by atoms with E-state index in [0.717, 1.165) is 15.1 Å². The van der Waals surface area contributed by atoms with Gasteiger partial charge in [-0.25, -0.2) is 14.8 Å². The quantitative estimate of drug-likeness (QED) is 0.442. The molecule has 0 aliphatic carbocycles. The van der Waals surface area contributed by atoms with Crippen molar-refractivity contribution in [3.05, 3.63) is 55.5 Å². The first kappa shape index (κ1) is 22.3. The van der Waals surface area contributed by atoms with Crippen molar-refractivity contribution in [2.75, 3.05) is 18.9 Å². The van der Waals surface area contributed by atoms with E-state index in [1.54, 1.807) is 4.57 Å². The van der Waals surface area contributed by atoms with Gasteiger partial charge in [0.05, 0.1) is 35.1 Å². The molecule has 0 saturated carbocycles. The van der Waals surface area contributed by atoms with E-state index >= 15 is 0 Å². The van der Waals surface area contributed by atoms with Gasteiger partial charge in [-0.15, -0.1) is 11.3 Å². The molecule has 1 aliphatic rings. The molecule has 1 aliphatic heterocycles. The summed E-state index contributed by atoms with van der Waals surface area (Å²) in [5.41, 5.74) is 6.80. The van der Waals surface area contributed by atoms with Crippen LogP contribution < -0.4 is 17.0 Å². The maximum atomic E-state index is 13.6. The standard InChI is InChI=1S/C22H24N6O5S/c1-11(2)28-20-17(18(30)25(3)22(28)32)16(19(31)27-8-12(29)10-33-27)15(34-20)9-26-14-7-5-4-6-13(14)24-21(26)23/h4-7,11-12,29H,8-10H2,1-3H3,(H2,23,24). The monoisotopic (exact) mass is 484 g/mol. The van der Waals surface area contributed by atoms with E-state index in [1.807, 2.05) is 38.1 Å². The number of para-hydroxylation sites is 2. The van der Waals surface area contributed by atoms with Gasteiger partial charge in [0.2, 0.25) is 5.95 Å². The number of fused-ring (bicyclic) bond motifs is 2. The smallest absolute Gasteiger partial charge is 0.332 e. The molecular formula is C22H24N6O5S. The van der Waals surface area contributed by atoms with Gasteiger partial charge in [-0.05, 0) is 26.0 Å². The summed E-state index contributed by atoms with van der Waals surface area (Å²) in [6.07, 6.45) is -0.817. The zero-order valence-corrected chi connectivity index (χ0v) is 19.7. The second-order valence-corrected chi connectivity index (χ2v) is 9.64. The van der Waals surface area contributed by atoms with Crippen molar-refractivity contribution in [2.24, 2.45) is 7.05 Å². The van der Waals surface area contributed by atoms with E-state index < -0.39 is 23.3 Å². The Hall–Kier alpha value is -3.48. The maximum absolute atomic E-state index is 13.6. The summed E-state index contributed by atoms with van der Waals surface area (Å²) in [4.78, 5) is 50.5. The Labute approximate surface area is 197 Å². The third-order valence-electron chi connectivity index (χ3n) is 5.93. The van der Waals surface area contributed by atoms with Gasteiger partial charge in [-0.3, -0.25) is 23.6 Å². The minimum absolute atomic E-state index is 0.0169. The Morgan fingerprint density at radius 2 is 2.06 bits per heavy atom. The molecule has 1 aromatic carbocycles. The number of nitrogen functional groups attached to an aromatic ring is 1. The van der Waals surface area contributed by atoms with Gasteiger partial charge < -0.3 is 15.4 Å². The van der Waals surface area contributed by atoms with Crippen LogP contribution in [0.1, 0.15) is 35.1 Å². The van der Waals surface area contributed by atoms with E-state index in [9.17, 15) is 19.5 Å². The zero-order valence-electron chi connectivity index (χ0n) is 18.9. The highest BCUT2D eigenvalue weighted by Crippen LogP contribution is 2.33. The van der Waals surface area contributed by atoms with Gasteiger partial charge in [-0.1, -0.05) is 12.1 Å². The molecule has 4 heterocycles. The van der Waals surface area contributed by atoms with E-state index in [-0.39, 0.29) is 42.6 Å². The van der Waals surface area contributed by atoms with Crippen molar-refractivity contribution in [2.45, 2.75) is 32.5 Å². The topological polar surface area (TPSA) is 138 Å². The van der Waals surface area contributed by atoms with Crippen LogP contribution >= 0.6 is 11.3 Å². The number of hydroxylamine groups is 2. The summed E-state index contributed by atoms with van der Waals surface area (Å²) in [6.45, 7) is 3.81. The fraction of sp³-hybridized carbons (Fsp3) is 0.364. The number of imidazole rings is 1. The number of hydrogen-bond donors (Lipinski definition) is 2. The molecule has 1 saturated heterocycles. The van der Waals surface area contributed by atoms with Gasteiger partial charge in [0, 0.05) is 18.0 Å². The summed E-state index contributed by atoms with van der Waals surface area (Å²) in [5.74, 6) is -0.286. The van der Waals surface area contributed by atoms with Crippen LogP contribution in [0.4, 0.5) is 5.95 Å². The number of β-amino-alcohol motifs (C(OH)–C–C–N with tert-alkyl or cyclic N) is 1. The van der Waals surface area contributed by atoms with Crippen molar-refractivity contribution in [3.8, 4) is 0 Å². The second-order valence-electron chi connectivity index (χ2n) is 8.55. The summed E-state index contributed by atoms with van der Waals surface area (Å²) in [6, 6.07) is 7.18. The van der Waals surface area contributed by atoms with Crippen molar-refractivity contribution in [1.82, 2.24) is 23.7 Å². The number of rotatable bonds is 4. The van der Waals surface area contributed by atoms with Crippen LogP contribution in [0.5, 0.6) is 0 Å². The number of carbonyl (C=O) groups excluding carboxylic acids is 1. The van der Waals surface area contributed by atoms with E-state index in [4.69, 9.17) is 10.6 Å². The van der Waals surface area contributed by atoms with Gasteiger partial charge in [0.15, 0.2) is 0 Å². The van der Waals surface area contributed by atoms with E-state index in [2.05, 4.69) is 4.98 Å². The second kappa shape index (κ2) is 8.08. The zero-order chi connectivity index (χ0) is 24.3. The molecule has 11 nitrogen and oxygen atoms in total. The van der Waals surface area contributed by atoms with E-state index in [0.29, 0.717) is 15.2 Å². The van der Waals surface area contributed by atoms with E-state index in [1.165, 1.54) is 23.0 Å². The Morgan fingerprint density at radius 1 is 1.32 bits per heavy atom. The van der Waals surface area contributed by atoms with Gasteiger partial charge in [-0.2, -0.15) is 0 Å². The minimum Gasteiger partial charge on any atom is -0.389 e. The predicted octanol–water partition coefficient (Wildman–Crippen LogP) is 1.07. The number of thiophene rings is 1. The van der Waals surface area contributed by atoms with Crippen molar-refractivity contribution >= 4 is 44.4 Å². The van der Waals surface area contributed by atoms with Gasteiger partial charge in [0.25, 0.3) is 11.5 Å². The van der Waals surface area contributed by atoms with Gasteiger partial charge in [0.1, 0.15) is 17.5 Å². The molecule has 178 valence electrons. The molecule has 34 heavy (non-hydrogen) atoms. The maximum Gasteiger partial charge on any atom is 0.332 e. The average Bonchev–Trinajstić information content (AvgIpc) is 3.47. The highest BCUT2D eigenvalue weighted by Gasteiger charge is 2.33. The Balaban J connectivity index is 1.80. The highest BCUT2D eigenvalue weighted by atomic mass is 32.1. The molecule has 4 aromatic rings. The number of carbonyl (C=O) groups is 1. The van der Waals surface area contributed by atoms with Crippen LogP contribution in [-0.2, 0) is 18.4 Å². The largest absolute Gasteiger partial charge is 0.389 e. The molecule has 12 heteroatoms. The molecule has 1 unspecified atom stereocenters. The highest BCUT2D eigenvalue weighted by molar-refractivity contribution is 7.19. The average molecular weight is 485 g/mol. The van der Waals surface area contributed by atoms with Crippen molar-refractivity contribution < 1.29 is 14.7 Å². The molecule has 1 fully saturated rings. The fourth-order valence-electron chi connectivity index (χ4n) is 4.27. The number of aliphatic hydroxyl groups is 1. The lowest BCUT2D eigenvalue weighted by atomic mass is 10.1. The first-order chi connectivity index (χ1) is 16.2. The molecular weight excluding hydrogens is 460 g/mol. The third kappa shape index (κ3) is 3.33. The van der Waals surface area contributed by atoms with Crippen LogP contribution in [0, 0.1) is 0 Å². The lowest BCUT2D eigenvalue weighted by Gasteiger charge is -2.16. The number of hydrogen-bond acceptors (Lipinski definition) is 8. The SMILES string of the molecule is CC(C)n1c(=O)n(C)c(=O)c2c(C(=O)N3CC(O)CO3)c(Cn3c(N)nc4ccccc43)sc21. The van der Waals surface area contributed by atoms with Crippen LogP contribution in [0.15, 0.2) is 33.9 Å². The molecule has 0 radical (unpaired) electrons. The first-order valence-corrected chi connectivity index (χ1v) is 11.6. The van der Waals surface area contributed by atoms with Crippen LogP contribution in [0.3, 0.4) is 0 Å². The summed E-state index contributed by atoms with van der Waals surface area (Å²) in [7, 11) is 1.39. The summed E-state index contributed by atoms with van der Waals surface area (Å²) < 4.78 is 4.28. The molecule has 0 spiro atoms. The van der Waals surface area contributed by atoms with Crippen molar-refractivity contribution in [3.63, 3.8) is 0 Å². The molecule has 0 bridgehead atoms. The van der Waals surface area contributed by atoms with Crippen molar-refractivity contribution in [1.29, 1.82) is 0 Å². The normalized spacial score (nSPS) is 16.4. The lowest BCUT2D eigenvalue weighted by Crippen LogP contribution is -2.39. The van der Waals surface area contributed by atoms with Gasteiger partial charge >= 0.3 is 5.69 Å². The molecule has 3 aromatic heterocycles. The number of amides is 1. The molecule has 5 rings (SSSR count). The Morgan fingerprint density at radius 3 is 2.74 bits per heavy atom. The number of nitrogens with zero attached hydrogens (tertiary/aromatic N) is 5. The molecule has 3 N–H and O–H groups in total. The number of benzene rings is 1. The van der Waals surface area contributed by atoms with Crippen LogP contribution in [0.2, 0.25) is 0 Å². The minimum atomic E-state index is -0.817. The molecule has 1 atom stereocenters. The third-order valence-corrected chi connectivity index (χ3v) is 7.11. The first-order valence-electron chi connectivity index (χ1n) is 10.8. The Bertz CT molecular complexity index is 1560. The number of anilines is 1. The lowest BCUT2D eigenvalue weighted by molar-refractivity contribution is -0.0778. The Kier molecular flexibility index (Phi) is 5.30. The van der Waals surface area contributed by atoms with Crippen LogP contribution in [-0.4, -0.2) is 54.0 Å². The number of aromatic nitrogens is 4. The fourth-order valence-corrected chi connectivity index (χ4v) is 5.67. The number of nitrogens with two attached hydrogens (primary N) is 1. The molecule has 1 amide bonds. The van der Waals surface area contributed by atoms with Crippen LogP contribution in [0.25, 0.3) is 21.3 Å². The summed E-state index contributed by atoms with van der Waals surface area (Å²) in [5, 5.41) is 11.1. The predicted molar refractivity (Wildman–Crippen MR) is 128 cm³/mol. The summed E-state index contributed by atoms with van der Waals surface area (Å²) >= 11 is 1.20.